The number of ether oxygens (including phenoxy) is 3. The summed E-state index contributed by atoms with van der Waals surface area (Å²) in [5.74, 6) is 0.101. The third kappa shape index (κ3) is 3.82. The molecule has 3 aromatic rings. The molecule has 4 rings (SSSR count). The zero-order valence-electron chi connectivity index (χ0n) is 17.9. The van der Waals surface area contributed by atoms with Crippen LogP contribution in [0.3, 0.4) is 0 Å². The second-order valence-corrected chi connectivity index (χ2v) is 7.07. The lowest BCUT2D eigenvalue weighted by Crippen LogP contribution is -2.43. The van der Waals surface area contributed by atoms with E-state index in [1.165, 1.54) is 33.5 Å². The third-order valence-electron chi connectivity index (χ3n) is 5.36. The van der Waals surface area contributed by atoms with E-state index >= 15 is 0 Å². The number of methoxy groups -OCH3 is 3. The molecular formula is C22H23N5O5. The van der Waals surface area contributed by atoms with Crippen LogP contribution >= 0.6 is 0 Å². The Morgan fingerprint density at radius 1 is 1.19 bits per heavy atom. The predicted octanol–water partition coefficient (Wildman–Crippen LogP) is 2.79. The number of anilines is 1. The number of fused-ring (bicyclic) bond motifs is 1. The van der Waals surface area contributed by atoms with Crippen LogP contribution in [-0.4, -0.2) is 59.7 Å². The number of benzene rings is 1. The molecule has 10 nitrogen and oxygen atoms in total. The van der Waals surface area contributed by atoms with Crippen molar-refractivity contribution in [1.82, 2.24) is 19.9 Å². The number of aromatic nitrogens is 3. The van der Waals surface area contributed by atoms with Gasteiger partial charge in [0.05, 0.1) is 44.6 Å². The van der Waals surface area contributed by atoms with Crippen molar-refractivity contribution in [3.05, 3.63) is 65.5 Å². The first-order chi connectivity index (χ1) is 15.6. The minimum Gasteiger partial charge on any atom is -0.493 e. The van der Waals surface area contributed by atoms with Crippen molar-refractivity contribution < 1.29 is 23.8 Å². The third-order valence-corrected chi connectivity index (χ3v) is 5.36. The molecule has 1 aliphatic heterocycles. The van der Waals surface area contributed by atoms with Gasteiger partial charge in [0.15, 0.2) is 11.5 Å². The number of imidazole rings is 1. The molecule has 2 amide bonds. The highest BCUT2D eigenvalue weighted by molar-refractivity contribution is 6.02. The Morgan fingerprint density at radius 2 is 1.97 bits per heavy atom. The largest absolute Gasteiger partial charge is 0.493 e. The van der Waals surface area contributed by atoms with Gasteiger partial charge in [0, 0.05) is 43.2 Å². The Bertz CT molecular complexity index is 1130. The number of hydrogen-bond acceptors (Lipinski definition) is 7. The molecule has 32 heavy (non-hydrogen) atoms. The van der Waals surface area contributed by atoms with E-state index in [0.717, 1.165) is 17.0 Å². The molecule has 2 N–H and O–H groups in total. The molecule has 166 valence electrons. The van der Waals surface area contributed by atoms with Gasteiger partial charge in [-0.3, -0.25) is 4.98 Å². The molecule has 3 heterocycles. The van der Waals surface area contributed by atoms with Gasteiger partial charge in [-0.1, -0.05) is 6.07 Å². The van der Waals surface area contributed by atoms with Crippen molar-refractivity contribution in [2.45, 2.75) is 12.5 Å². The van der Waals surface area contributed by atoms with Gasteiger partial charge in [-0.25, -0.2) is 14.6 Å². The van der Waals surface area contributed by atoms with Crippen LogP contribution in [0.25, 0.3) is 0 Å². The van der Waals surface area contributed by atoms with Crippen molar-refractivity contribution in [1.29, 1.82) is 0 Å². The van der Waals surface area contributed by atoms with Crippen LogP contribution in [0.4, 0.5) is 10.5 Å². The average molecular weight is 437 g/mol. The second-order valence-electron chi connectivity index (χ2n) is 7.07. The van der Waals surface area contributed by atoms with Gasteiger partial charge in [0.25, 0.3) is 0 Å². The number of hydrogen-bond donors (Lipinski definition) is 2. The first-order valence-electron chi connectivity index (χ1n) is 9.91. The molecule has 10 heteroatoms. The van der Waals surface area contributed by atoms with Crippen molar-refractivity contribution in [3.63, 3.8) is 0 Å². The number of nitrogens with zero attached hydrogens (tertiary/aromatic N) is 3. The molecule has 0 fully saturated rings. The lowest BCUT2D eigenvalue weighted by atomic mass is 9.97. The van der Waals surface area contributed by atoms with Crippen LogP contribution in [0.5, 0.6) is 11.5 Å². The zero-order chi connectivity index (χ0) is 22.7. The van der Waals surface area contributed by atoms with E-state index < -0.39 is 18.0 Å². The van der Waals surface area contributed by atoms with Crippen molar-refractivity contribution in [2.24, 2.45) is 0 Å². The highest BCUT2D eigenvalue weighted by Gasteiger charge is 2.35. The monoisotopic (exact) mass is 437 g/mol. The number of aromatic amines is 1. The zero-order valence-corrected chi connectivity index (χ0v) is 17.9. The number of carbonyl (C=O) groups excluding carboxylic acids is 2. The first-order valence-corrected chi connectivity index (χ1v) is 9.91. The van der Waals surface area contributed by atoms with Gasteiger partial charge in [0.2, 0.25) is 0 Å². The summed E-state index contributed by atoms with van der Waals surface area (Å²) < 4.78 is 15.5. The normalized spacial score (nSPS) is 15.0. The van der Waals surface area contributed by atoms with E-state index in [1.807, 2.05) is 12.1 Å². The molecule has 0 spiro atoms. The van der Waals surface area contributed by atoms with Gasteiger partial charge in [-0.15, -0.1) is 0 Å². The Hall–Kier alpha value is -4.08. The minimum absolute atomic E-state index is 0.147. The molecular weight excluding hydrogens is 414 g/mol. The molecule has 1 atom stereocenters. The number of carbonyl (C=O) groups is 2. The fourth-order valence-corrected chi connectivity index (χ4v) is 3.82. The topological polar surface area (TPSA) is 119 Å². The fourth-order valence-electron chi connectivity index (χ4n) is 3.82. The van der Waals surface area contributed by atoms with Crippen LogP contribution in [0.15, 0.2) is 43.0 Å². The van der Waals surface area contributed by atoms with E-state index in [4.69, 9.17) is 14.2 Å². The van der Waals surface area contributed by atoms with E-state index in [-0.39, 0.29) is 11.3 Å². The number of nitrogens with one attached hydrogen (secondary N) is 2. The summed E-state index contributed by atoms with van der Waals surface area (Å²) in [5.41, 5.74) is 2.96. The quantitative estimate of drug-likeness (QED) is 0.589. The lowest BCUT2D eigenvalue weighted by Gasteiger charge is -2.35. The number of pyridine rings is 1. The number of rotatable bonds is 5. The highest BCUT2D eigenvalue weighted by atomic mass is 16.5. The number of H-pyrrole nitrogens is 1. The lowest BCUT2D eigenvalue weighted by molar-refractivity contribution is 0.0601. The molecule has 1 aliphatic rings. The molecule has 0 saturated carbocycles. The van der Waals surface area contributed by atoms with Crippen LogP contribution < -0.4 is 14.8 Å². The van der Waals surface area contributed by atoms with E-state index in [2.05, 4.69) is 20.3 Å². The molecule has 2 aromatic heterocycles. The number of amides is 2. The predicted molar refractivity (Wildman–Crippen MR) is 115 cm³/mol. The minimum atomic E-state index is -0.613. The molecule has 0 radical (unpaired) electrons. The van der Waals surface area contributed by atoms with E-state index in [9.17, 15) is 9.59 Å². The van der Waals surface area contributed by atoms with Gasteiger partial charge >= 0.3 is 12.0 Å². The standard InChI is InChI=1S/C22H23N5O5/c1-30-17-9-14(21(28)32-3)16(10-18(17)31-2)26-22(29)27-8-6-15-19(25-12-24-15)20(27)13-5-4-7-23-11-13/h4-5,7,9-12,20H,6,8H2,1-3H3,(H,24,25)(H,26,29)/t20-/m0/s1. The summed E-state index contributed by atoms with van der Waals surface area (Å²) >= 11 is 0. The summed E-state index contributed by atoms with van der Waals surface area (Å²) in [5, 5.41) is 2.84. The van der Waals surface area contributed by atoms with Gasteiger partial charge in [-0.2, -0.15) is 0 Å². The van der Waals surface area contributed by atoms with Gasteiger partial charge in [0.1, 0.15) is 6.04 Å². The summed E-state index contributed by atoms with van der Waals surface area (Å²) in [6.07, 6.45) is 5.63. The highest BCUT2D eigenvalue weighted by Crippen LogP contribution is 2.36. The van der Waals surface area contributed by atoms with Crippen molar-refractivity contribution >= 4 is 17.7 Å². The summed E-state index contributed by atoms with van der Waals surface area (Å²) in [6, 6.07) is 5.89. The Labute approximate surface area is 184 Å². The Morgan fingerprint density at radius 3 is 2.66 bits per heavy atom. The van der Waals surface area contributed by atoms with E-state index in [0.29, 0.717) is 24.5 Å². The molecule has 0 saturated heterocycles. The summed E-state index contributed by atoms with van der Waals surface area (Å²) in [6.45, 7) is 0.446. The van der Waals surface area contributed by atoms with Crippen LogP contribution in [0.2, 0.25) is 0 Å². The number of urea groups is 1. The summed E-state index contributed by atoms with van der Waals surface area (Å²) in [4.78, 5) is 39.3. The van der Waals surface area contributed by atoms with Crippen molar-refractivity contribution in [3.8, 4) is 11.5 Å². The Balaban J connectivity index is 1.71. The van der Waals surface area contributed by atoms with Crippen molar-refractivity contribution in [2.75, 3.05) is 33.2 Å². The fraction of sp³-hybridized carbons (Fsp3) is 0.273. The first kappa shape index (κ1) is 21.2. The van der Waals surface area contributed by atoms with Gasteiger partial charge in [-0.05, 0) is 11.6 Å². The van der Waals surface area contributed by atoms with Gasteiger partial charge < -0.3 is 29.4 Å². The summed E-state index contributed by atoms with van der Waals surface area (Å²) in [7, 11) is 4.21. The van der Waals surface area contributed by atoms with Crippen LogP contribution in [0, 0.1) is 0 Å². The smallest absolute Gasteiger partial charge is 0.340 e. The second kappa shape index (κ2) is 8.96. The molecule has 0 unspecified atom stereocenters. The van der Waals surface area contributed by atoms with Crippen LogP contribution in [-0.2, 0) is 11.2 Å². The molecule has 0 bridgehead atoms. The maximum atomic E-state index is 13.4. The SMILES string of the molecule is COC(=O)c1cc(OC)c(OC)cc1NC(=O)N1CCc2[nH]cnc2[C@@H]1c1cccnc1. The maximum Gasteiger partial charge on any atom is 0.340 e. The Kier molecular flexibility index (Phi) is 5.93. The average Bonchev–Trinajstić information content (AvgIpc) is 3.32. The van der Waals surface area contributed by atoms with Crippen LogP contribution in [0.1, 0.15) is 33.4 Å². The van der Waals surface area contributed by atoms with E-state index in [1.54, 1.807) is 23.6 Å². The molecule has 0 aliphatic carbocycles. The number of esters is 1. The maximum absolute atomic E-state index is 13.4. The molecule has 1 aromatic carbocycles.